The van der Waals surface area contributed by atoms with Crippen LogP contribution >= 0.6 is 0 Å². The average Bonchev–Trinajstić information content (AvgIpc) is 2.23. The van der Waals surface area contributed by atoms with Crippen LogP contribution in [0.4, 0.5) is 4.39 Å². The molecule has 102 valence electrons. The maximum Gasteiger partial charge on any atom is 0.129 e. The van der Waals surface area contributed by atoms with Gasteiger partial charge in [0, 0.05) is 13.1 Å². The van der Waals surface area contributed by atoms with E-state index in [2.05, 4.69) is 5.32 Å². The third-order valence-electron chi connectivity index (χ3n) is 2.64. The van der Waals surface area contributed by atoms with Gasteiger partial charge in [-0.3, -0.25) is 0 Å². The van der Waals surface area contributed by atoms with Crippen molar-refractivity contribution in [3.05, 3.63) is 34.6 Å². The van der Waals surface area contributed by atoms with Crippen molar-refractivity contribution in [3.8, 4) is 0 Å². The SMILES string of the molecule is Cc1cc(CNCCOC(C)(C)C)cc(C)c1F. The maximum absolute atomic E-state index is 13.4. The van der Waals surface area contributed by atoms with Crippen molar-refractivity contribution in [2.45, 2.75) is 46.8 Å². The first-order valence-electron chi connectivity index (χ1n) is 6.40. The highest BCUT2D eigenvalue weighted by Gasteiger charge is 2.09. The fourth-order valence-electron chi connectivity index (χ4n) is 1.80. The van der Waals surface area contributed by atoms with E-state index in [4.69, 9.17) is 4.74 Å². The Morgan fingerprint density at radius 1 is 1.17 bits per heavy atom. The van der Waals surface area contributed by atoms with Crippen molar-refractivity contribution in [1.82, 2.24) is 5.32 Å². The van der Waals surface area contributed by atoms with Crippen LogP contribution in [0.15, 0.2) is 12.1 Å². The molecule has 1 N–H and O–H groups in total. The lowest BCUT2D eigenvalue weighted by atomic mass is 10.1. The molecule has 1 rings (SSSR count). The minimum absolute atomic E-state index is 0.0925. The second-order valence-electron chi connectivity index (χ2n) is 5.68. The summed E-state index contributed by atoms with van der Waals surface area (Å²) in [4.78, 5) is 0. The normalized spacial score (nSPS) is 11.9. The summed E-state index contributed by atoms with van der Waals surface area (Å²) < 4.78 is 19.1. The van der Waals surface area contributed by atoms with Gasteiger partial charge in [-0.1, -0.05) is 12.1 Å². The predicted octanol–water partition coefficient (Wildman–Crippen LogP) is 3.35. The molecule has 0 aliphatic carbocycles. The number of nitrogens with one attached hydrogen (secondary N) is 1. The van der Waals surface area contributed by atoms with Gasteiger partial charge in [-0.25, -0.2) is 4.39 Å². The molecule has 18 heavy (non-hydrogen) atoms. The number of benzene rings is 1. The molecule has 0 aliphatic rings. The third-order valence-corrected chi connectivity index (χ3v) is 2.64. The Morgan fingerprint density at radius 2 is 1.72 bits per heavy atom. The molecule has 0 atom stereocenters. The van der Waals surface area contributed by atoms with Crippen LogP contribution in [0.1, 0.15) is 37.5 Å². The standard InChI is InChI=1S/C15H24FNO/c1-11-8-13(9-12(2)14(11)16)10-17-6-7-18-15(3,4)5/h8-9,17H,6-7,10H2,1-5H3. The Labute approximate surface area is 110 Å². The van der Waals surface area contributed by atoms with Crippen molar-refractivity contribution in [1.29, 1.82) is 0 Å². The minimum atomic E-state index is -0.102. The fraction of sp³-hybridized carbons (Fsp3) is 0.600. The van der Waals surface area contributed by atoms with Crippen molar-refractivity contribution < 1.29 is 9.13 Å². The first kappa shape index (κ1) is 15.1. The zero-order valence-electron chi connectivity index (χ0n) is 12.1. The van der Waals surface area contributed by atoms with Crippen LogP contribution in [0, 0.1) is 19.7 Å². The zero-order chi connectivity index (χ0) is 13.8. The maximum atomic E-state index is 13.4. The zero-order valence-corrected chi connectivity index (χ0v) is 12.1. The first-order valence-corrected chi connectivity index (χ1v) is 6.40. The third kappa shape index (κ3) is 5.15. The number of halogens is 1. The summed E-state index contributed by atoms with van der Waals surface area (Å²) in [6, 6.07) is 3.78. The monoisotopic (exact) mass is 253 g/mol. The molecule has 0 unspecified atom stereocenters. The number of ether oxygens (including phenoxy) is 1. The molecule has 0 heterocycles. The lowest BCUT2D eigenvalue weighted by molar-refractivity contribution is -0.000885. The summed E-state index contributed by atoms with van der Waals surface area (Å²) in [5, 5.41) is 3.30. The molecule has 1 aromatic carbocycles. The number of rotatable bonds is 5. The highest BCUT2D eigenvalue weighted by molar-refractivity contribution is 5.30. The molecule has 3 heteroatoms. The smallest absolute Gasteiger partial charge is 0.129 e. The molecule has 0 amide bonds. The van der Waals surface area contributed by atoms with Gasteiger partial charge in [0.2, 0.25) is 0 Å². The van der Waals surface area contributed by atoms with Crippen LogP contribution in [-0.2, 0) is 11.3 Å². The van der Waals surface area contributed by atoms with Gasteiger partial charge in [-0.15, -0.1) is 0 Å². The molecule has 0 aliphatic heterocycles. The van der Waals surface area contributed by atoms with E-state index >= 15 is 0 Å². The molecule has 2 nitrogen and oxygen atoms in total. The second-order valence-corrected chi connectivity index (χ2v) is 5.68. The Hall–Kier alpha value is -0.930. The van der Waals surface area contributed by atoms with Gasteiger partial charge in [0.1, 0.15) is 5.82 Å². The number of hydrogen-bond acceptors (Lipinski definition) is 2. The molecule has 0 bridgehead atoms. The second kappa shape index (κ2) is 6.30. The van der Waals surface area contributed by atoms with Gasteiger partial charge in [0.25, 0.3) is 0 Å². The molecule has 1 aromatic rings. The van der Waals surface area contributed by atoms with Crippen molar-refractivity contribution >= 4 is 0 Å². The van der Waals surface area contributed by atoms with Gasteiger partial charge in [-0.05, 0) is 51.3 Å². The Bertz CT molecular complexity index is 373. The van der Waals surface area contributed by atoms with Gasteiger partial charge < -0.3 is 10.1 Å². The van der Waals surface area contributed by atoms with E-state index in [1.54, 1.807) is 13.8 Å². The summed E-state index contributed by atoms with van der Waals surface area (Å²) in [6.07, 6.45) is 0. The van der Waals surface area contributed by atoms with Crippen molar-refractivity contribution in [2.75, 3.05) is 13.2 Å². The molecule has 0 radical (unpaired) electrons. The Morgan fingerprint density at radius 3 is 2.22 bits per heavy atom. The van der Waals surface area contributed by atoms with E-state index < -0.39 is 0 Å². The predicted molar refractivity (Wildman–Crippen MR) is 73.3 cm³/mol. The van der Waals surface area contributed by atoms with Gasteiger partial charge in [-0.2, -0.15) is 0 Å². The summed E-state index contributed by atoms with van der Waals surface area (Å²) in [6.45, 7) is 12.0. The summed E-state index contributed by atoms with van der Waals surface area (Å²) in [5.41, 5.74) is 2.43. The molecule has 0 spiro atoms. The van der Waals surface area contributed by atoms with E-state index in [1.165, 1.54) is 0 Å². The molecular weight excluding hydrogens is 229 g/mol. The summed E-state index contributed by atoms with van der Waals surface area (Å²) >= 11 is 0. The molecule has 0 aromatic heterocycles. The largest absolute Gasteiger partial charge is 0.375 e. The molecule has 0 fully saturated rings. The van der Waals surface area contributed by atoms with Crippen molar-refractivity contribution in [3.63, 3.8) is 0 Å². The lowest BCUT2D eigenvalue weighted by Crippen LogP contribution is -2.26. The molecule has 0 saturated carbocycles. The molecule has 0 saturated heterocycles. The number of hydrogen-bond donors (Lipinski definition) is 1. The van der Waals surface area contributed by atoms with Gasteiger partial charge in [0.05, 0.1) is 12.2 Å². The fourth-order valence-corrected chi connectivity index (χ4v) is 1.80. The lowest BCUT2D eigenvalue weighted by Gasteiger charge is -2.19. The number of aryl methyl sites for hydroxylation is 2. The highest BCUT2D eigenvalue weighted by Crippen LogP contribution is 2.14. The van der Waals surface area contributed by atoms with Crippen LogP contribution < -0.4 is 5.32 Å². The van der Waals surface area contributed by atoms with Crippen LogP contribution in [0.2, 0.25) is 0 Å². The van der Waals surface area contributed by atoms with E-state index in [0.29, 0.717) is 17.7 Å². The van der Waals surface area contributed by atoms with Crippen LogP contribution in [-0.4, -0.2) is 18.8 Å². The van der Waals surface area contributed by atoms with Crippen LogP contribution in [0.25, 0.3) is 0 Å². The highest BCUT2D eigenvalue weighted by atomic mass is 19.1. The van der Waals surface area contributed by atoms with Crippen LogP contribution in [0.3, 0.4) is 0 Å². The topological polar surface area (TPSA) is 21.3 Å². The quantitative estimate of drug-likeness (QED) is 0.813. The average molecular weight is 253 g/mol. The Balaban J connectivity index is 2.36. The van der Waals surface area contributed by atoms with E-state index in [-0.39, 0.29) is 11.4 Å². The van der Waals surface area contributed by atoms with E-state index in [1.807, 2.05) is 32.9 Å². The van der Waals surface area contributed by atoms with Gasteiger partial charge in [0.15, 0.2) is 0 Å². The first-order chi connectivity index (χ1) is 8.29. The van der Waals surface area contributed by atoms with Crippen molar-refractivity contribution in [2.24, 2.45) is 0 Å². The minimum Gasteiger partial charge on any atom is -0.375 e. The summed E-state index contributed by atoms with van der Waals surface area (Å²) in [5.74, 6) is -0.102. The Kier molecular flexibility index (Phi) is 5.29. The summed E-state index contributed by atoms with van der Waals surface area (Å²) in [7, 11) is 0. The van der Waals surface area contributed by atoms with Gasteiger partial charge >= 0.3 is 0 Å². The van der Waals surface area contributed by atoms with E-state index in [9.17, 15) is 4.39 Å². The molecular formula is C15H24FNO. The van der Waals surface area contributed by atoms with E-state index in [0.717, 1.165) is 18.7 Å². The van der Waals surface area contributed by atoms with Crippen LogP contribution in [0.5, 0.6) is 0 Å².